The molecule has 0 aliphatic heterocycles. The minimum Gasteiger partial charge on any atom is -0.341 e. The van der Waals surface area contributed by atoms with Gasteiger partial charge in [0.25, 0.3) is 5.91 Å². The average Bonchev–Trinajstić information content (AvgIpc) is 3.02. The van der Waals surface area contributed by atoms with Gasteiger partial charge in [0.15, 0.2) is 0 Å². The summed E-state index contributed by atoms with van der Waals surface area (Å²) in [4.78, 5) is 24.1. The van der Waals surface area contributed by atoms with E-state index in [9.17, 15) is 18.0 Å². The average molecular weight is 370 g/mol. The maximum absolute atomic E-state index is 12.7. The zero-order valence-corrected chi connectivity index (χ0v) is 14.9. The van der Waals surface area contributed by atoms with Gasteiger partial charge in [-0.05, 0) is 24.1 Å². The van der Waals surface area contributed by atoms with Crippen LogP contribution < -0.4 is 5.32 Å². The lowest BCUT2D eigenvalue weighted by molar-refractivity contribution is -0.109. The van der Waals surface area contributed by atoms with Crippen molar-refractivity contribution in [3.63, 3.8) is 0 Å². The number of benzene rings is 2. The predicted octanol–water partition coefficient (Wildman–Crippen LogP) is 1.99. The van der Waals surface area contributed by atoms with Gasteiger partial charge in [0.05, 0.1) is 17.8 Å². The number of amides is 1. The molecule has 134 valence electrons. The van der Waals surface area contributed by atoms with Crippen molar-refractivity contribution in [2.45, 2.75) is 12.5 Å². The largest absolute Gasteiger partial charge is 0.341 e. The molecule has 3 rings (SSSR count). The van der Waals surface area contributed by atoms with Crippen LogP contribution in [0.25, 0.3) is 10.9 Å². The summed E-state index contributed by atoms with van der Waals surface area (Å²) in [5, 5.41) is 3.25. The second-order valence-electron chi connectivity index (χ2n) is 6.02. The van der Waals surface area contributed by atoms with Crippen molar-refractivity contribution in [1.29, 1.82) is 0 Å². The normalized spacial score (nSPS) is 12.7. The molecule has 1 amide bonds. The van der Waals surface area contributed by atoms with E-state index in [0.29, 0.717) is 23.6 Å². The van der Waals surface area contributed by atoms with Crippen molar-refractivity contribution in [3.05, 3.63) is 71.9 Å². The number of carbonyl (C=O) groups excluding carboxylic acids is 2. The third-order valence-electron chi connectivity index (χ3n) is 4.01. The Labute approximate surface area is 151 Å². The molecule has 0 saturated carbocycles. The number of rotatable bonds is 6. The van der Waals surface area contributed by atoms with E-state index in [4.69, 9.17) is 0 Å². The van der Waals surface area contributed by atoms with Gasteiger partial charge in [-0.15, -0.1) is 0 Å². The summed E-state index contributed by atoms with van der Waals surface area (Å²) in [6, 6.07) is 16.9. The predicted molar refractivity (Wildman–Crippen MR) is 99.6 cm³/mol. The smallest absolute Gasteiger partial charge is 0.269 e. The minimum absolute atomic E-state index is 0.0198. The molecule has 0 radical (unpaired) electrons. The van der Waals surface area contributed by atoms with Crippen LogP contribution in [0, 0.1) is 0 Å². The summed E-state index contributed by atoms with van der Waals surface area (Å²) in [5.41, 5.74) is 1.30. The first-order valence-corrected chi connectivity index (χ1v) is 9.86. The van der Waals surface area contributed by atoms with E-state index in [1.54, 1.807) is 24.3 Å². The SMILES string of the molecule is CS(=O)(=O)n1c(C(=O)N[C@H](C=O)Cc2ccccc2)cc2ccccc21. The number of carbonyl (C=O) groups is 2. The van der Waals surface area contributed by atoms with Gasteiger partial charge in [-0.2, -0.15) is 0 Å². The Bertz CT molecular complexity index is 1060. The fraction of sp³-hybridized carbons (Fsp3) is 0.158. The molecule has 0 fully saturated rings. The lowest BCUT2D eigenvalue weighted by Crippen LogP contribution is -2.39. The van der Waals surface area contributed by atoms with Crippen LogP contribution in [-0.2, 0) is 21.2 Å². The van der Waals surface area contributed by atoms with Crippen LogP contribution in [0.4, 0.5) is 0 Å². The molecule has 1 heterocycles. The molecule has 0 unspecified atom stereocenters. The van der Waals surface area contributed by atoms with Crippen LogP contribution in [0.5, 0.6) is 0 Å². The van der Waals surface area contributed by atoms with Crippen molar-refractivity contribution in [2.75, 3.05) is 6.26 Å². The highest BCUT2D eigenvalue weighted by molar-refractivity contribution is 7.89. The number of aromatic nitrogens is 1. The van der Waals surface area contributed by atoms with Crippen molar-refractivity contribution < 1.29 is 18.0 Å². The van der Waals surface area contributed by atoms with Gasteiger partial charge in [0, 0.05) is 5.39 Å². The van der Waals surface area contributed by atoms with Crippen LogP contribution in [-0.4, -0.2) is 36.9 Å². The monoisotopic (exact) mass is 370 g/mol. The molecule has 0 saturated heterocycles. The third-order valence-corrected chi connectivity index (χ3v) is 5.07. The van der Waals surface area contributed by atoms with Crippen LogP contribution in [0.3, 0.4) is 0 Å². The summed E-state index contributed by atoms with van der Waals surface area (Å²) in [6.45, 7) is 0. The summed E-state index contributed by atoms with van der Waals surface area (Å²) in [6.07, 6.45) is 2.02. The van der Waals surface area contributed by atoms with Crippen LogP contribution in [0.2, 0.25) is 0 Å². The molecule has 3 aromatic rings. The zero-order chi connectivity index (χ0) is 18.7. The number of nitrogens with zero attached hydrogens (tertiary/aromatic N) is 1. The van der Waals surface area contributed by atoms with Crippen molar-refractivity contribution in [2.24, 2.45) is 0 Å². The molecule has 0 bridgehead atoms. The topological polar surface area (TPSA) is 85.2 Å². The molecule has 6 nitrogen and oxygen atoms in total. The van der Waals surface area contributed by atoms with Gasteiger partial charge in [0.1, 0.15) is 12.0 Å². The number of para-hydroxylation sites is 1. The van der Waals surface area contributed by atoms with E-state index >= 15 is 0 Å². The quantitative estimate of drug-likeness (QED) is 0.673. The van der Waals surface area contributed by atoms with E-state index in [2.05, 4.69) is 5.32 Å². The van der Waals surface area contributed by atoms with E-state index in [1.165, 1.54) is 6.07 Å². The molecule has 0 aliphatic rings. The van der Waals surface area contributed by atoms with Gasteiger partial charge in [-0.1, -0.05) is 48.5 Å². The Morgan fingerprint density at radius 2 is 1.77 bits per heavy atom. The van der Waals surface area contributed by atoms with Gasteiger partial charge in [-0.3, -0.25) is 4.79 Å². The first-order chi connectivity index (χ1) is 12.4. The summed E-state index contributed by atoms with van der Waals surface area (Å²) < 4.78 is 25.4. The summed E-state index contributed by atoms with van der Waals surface area (Å²) in [5.74, 6) is -0.611. The number of fused-ring (bicyclic) bond motifs is 1. The molecule has 7 heteroatoms. The molecular formula is C19H18N2O4S. The molecule has 1 atom stereocenters. The summed E-state index contributed by atoms with van der Waals surface area (Å²) >= 11 is 0. The first-order valence-electron chi connectivity index (χ1n) is 8.01. The fourth-order valence-electron chi connectivity index (χ4n) is 2.89. The number of aldehydes is 1. The number of hydrogen-bond acceptors (Lipinski definition) is 4. The maximum atomic E-state index is 12.7. The second kappa shape index (κ2) is 7.13. The Morgan fingerprint density at radius 1 is 1.12 bits per heavy atom. The van der Waals surface area contributed by atoms with Crippen molar-refractivity contribution in [3.8, 4) is 0 Å². The Kier molecular flexibility index (Phi) is 4.90. The van der Waals surface area contributed by atoms with E-state index in [1.807, 2.05) is 30.3 Å². The van der Waals surface area contributed by atoms with Crippen LogP contribution in [0.15, 0.2) is 60.7 Å². The van der Waals surface area contributed by atoms with Crippen molar-refractivity contribution >= 4 is 33.1 Å². The number of nitrogens with one attached hydrogen (secondary N) is 1. The summed E-state index contributed by atoms with van der Waals surface area (Å²) in [7, 11) is -3.70. The lowest BCUT2D eigenvalue weighted by atomic mass is 10.1. The number of hydrogen-bond donors (Lipinski definition) is 1. The molecular weight excluding hydrogens is 352 g/mol. The highest BCUT2D eigenvalue weighted by Crippen LogP contribution is 2.21. The lowest BCUT2D eigenvalue weighted by Gasteiger charge is -2.14. The second-order valence-corrected chi connectivity index (χ2v) is 7.85. The highest BCUT2D eigenvalue weighted by Gasteiger charge is 2.23. The maximum Gasteiger partial charge on any atom is 0.269 e. The molecule has 1 aromatic heterocycles. The van der Waals surface area contributed by atoms with Gasteiger partial charge in [0.2, 0.25) is 10.0 Å². The molecule has 2 aromatic carbocycles. The Morgan fingerprint density at radius 3 is 2.42 bits per heavy atom. The molecule has 26 heavy (non-hydrogen) atoms. The minimum atomic E-state index is -3.70. The molecule has 1 N–H and O–H groups in total. The third kappa shape index (κ3) is 3.67. The Hall–Kier alpha value is -2.93. The highest BCUT2D eigenvalue weighted by atomic mass is 32.2. The molecule has 0 spiro atoms. The van der Waals surface area contributed by atoms with Gasteiger partial charge >= 0.3 is 0 Å². The Balaban J connectivity index is 1.93. The fourth-order valence-corrected chi connectivity index (χ4v) is 3.91. The van der Waals surface area contributed by atoms with E-state index in [-0.39, 0.29) is 5.69 Å². The van der Waals surface area contributed by atoms with Crippen LogP contribution in [0.1, 0.15) is 16.1 Å². The molecule has 0 aliphatic carbocycles. The standard InChI is InChI=1S/C19H18N2O4S/c1-26(24,25)21-17-10-6-5-9-15(17)12-18(21)19(23)20-16(13-22)11-14-7-3-2-4-8-14/h2-10,12-13,16H,11H2,1H3,(H,20,23)/t16-/m0/s1. The van der Waals surface area contributed by atoms with Gasteiger partial charge in [-0.25, -0.2) is 12.4 Å². The first kappa shape index (κ1) is 17.9. The van der Waals surface area contributed by atoms with Gasteiger partial charge < -0.3 is 10.1 Å². The van der Waals surface area contributed by atoms with E-state index in [0.717, 1.165) is 15.8 Å². The van der Waals surface area contributed by atoms with Crippen LogP contribution >= 0.6 is 0 Å². The van der Waals surface area contributed by atoms with E-state index < -0.39 is 22.0 Å². The van der Waals surface area contributed by atoms with Crippen molar-refractivity contribution in [1.82, 2.24) is 9.29 Å². The zero-order valence-electron chi connectivity index (χ0n) is 14.1.